The van der Waals surface area contributed by atoms with Crippen molar-refractivity contribution in [2.45, 2.75) is 64.7 Å². The van der Waals surface area contributed by atoms with Gasteiger partial charge in [-0.1, -0.05) is 69.3 Å². The van der Waals surface area contributed by atoms with Crippen molar-refractivity contribution in [2.75, 3.05) is 18.1 Å². The molecule has 0 spiro atoms. The summed E-state index contributed by atoms with van der Waals surface area (Å²) >= 11 is 1.86. The highest BCUT2D eigenvalue weighted by Gasteiger charge is 2.22. The maximum absolute atomic E-state index is 8.85. The molecule has 0 radical (unpaired) electrons. The van der Waals surface area contributed by atoms with Crippen LogP contribution in [0.3, 0.4) is 0 Å². The van der Waals surface area contributed by atoms with Crippen LogP contribution in [-0.4, -0.2) is 23.2 Å². The Kier molecular flexibility index (Phi) is 12.5. The van der Waals surface area contributed by atoms with Gasteiger partial charge in [0.25, 0.3) is 0 Å². The van der Waals surface area contributed by atoms with Gasteiger partial charge in [-0.2, -0.15) is 11.8 Å². The molecule has 0 heterocycles. The molecule has 1 nitrogen and oxygen atoms in total. The number of hydrogen-bond acceptors (Lipinski definition) is 2. The SMILES string of the molecule is C=CC(CC/C=C/CC(C)(CC)c1ccccc1)CC(C)CCSCCO. The third kappa shape index (κ3) is 9.67. The van der Waals surface area contributed by atoms with Gasteiger partial charge in [0, 0.05) is 5.75 Å². The van der Waals surface area contributed by atoms with E-state index >= 15 is 0 Å². The highest BCUT2D eigenvalue weighted by molar-refractivity contribution is 7.99. The van der Waals surface area contributed by atoms with Crippen LogP contribution in [0.15, 0.2) is 55.1 Å². The fourth-order valence-electron chi connectivity index (χ4n) is 3.50. The van der Waals surface area contributed by atoms with Crippen molar-refractivity contribution in [1.29, 1.82) is 0 Å². The van der Waals surface area contributed by atoms with Crippen LogP contribution in [0.4, 0.5) is 0 Å². The lowest BCUT2D eigenvalue weighted by Gasteiger charge is -2.27. The standard InChI is InChI=1S/C25H40OS/c1-5-23(21-22(3)16-19-27-20-18-26)13-9-8-12-17-25(4,6-2)24-14-10-7-11-15-24/h5,7-8,10-12,14-15,22-23,26H,1,6,9,13,16-21H2,2-4H3/b12-8+. The molecule has 2 heteroatoms. The van der Waals surface area contributed by atoms with Gasteiger partial charge in [0.15, 0.2) is 0 Å². The van der Waals surface area contributed by atoms with E-state index in [2.05, 4.69) is 75.9 Å². The van der Waals surface area contributed by atoms with Crippen LogP contribution < -0.4 is 0 Å². The lowest BCUT2D eigenvalue weighted by molar-refractivity contribution is 0.322. The van der Waals surface area contributed by atoms with Gasteiger partial charge in [-0.15, -0.1) is 6.58 Å². The van der Waals surface area contributed by atoms with E-state index in [0.717, 1.165) is 36.7 Å². The van der Waals surface area contributed by atoms with Crippen LogP contribution in [0.5, 0.6) is 0 Å². The zero-order valence-electron chi connectivity index (χ0n) is 17.7. The molecule has 0 saturated carbocycles. The monoisotopic (exact) mass is 388 g/mol. The summed E-state index contributed by atoms with van der Waals surface area (Å²) in [5.41, 5.74) is 1.67. The van der Waals surface area contributed by atoms with E-state index < -0.39 is 0 Å². The maximum Gasteiger partial charge on any atom is 0.0521 e. The molecule has 152 valence electrons. The first-order valence-electron chi connectivity index (χ1n) is 10.6. The molecule has 0 aromatic heterocycles. The van der Waals surface area contributed by atoms with Crippen molar-refractivity contribution in [2.24, 2.45) is 11.8 Å². The number of thioether (sulfide) groups is 1. The number of aliphatic hydroxyl groups excluding tert-OH is 1. The quantitative estimate of drug-likeness (QED) is 0.257. The molecule has 1 aromatic carbocycles. The number of rotatable bonds is 15. The number of hydrogen-bond donors (Lipinski definition) is 1. The van der Waals surface area contributed by atoms with E-state index in [1.54, 1.807) is 0 Å². The molecule has 1 aromatic rings. The molecule has 0 amide bonds. The van der Waals surface area contributed by atoms with Gasteiger partial charge >= 0.3 is 0 Å². The van der Waals surface area contributed by atoms with Crippen LogP contribution in [0.25, 0.3) is 0 Å². The largest absolute Gasteiger partial charge is 0.396 e. The van der Waals surface area contributed by atoms with E-state index in [0.29, 0.717) is 12.5 Å². The highest BCUT2D eigenvalue weighted by Crippen LogP contribution is 2.31. The number of benzene rings is 1. The van der Waals surface area contributed by atoms with Gasteiger partial charge in [-0.3, -0.25) is 0 Å². The Hall–Kier alpha value is -0.990. The molecular formula is C25H40OS. The van der Waals surface area contributed by atoms with E-state index in [9.17, 15) is 0 Å². The van der Waals surface area contributed by atoms with E-state index in [1.165, 1.54) is 24.8 Å². The summed E-state index contributed by atoms with van der Waals surface area (Å²) in [5.74, 6) is 3.35. The van der Waals surface area contributed by atoms with Crippen LogP contribution in [-0.2, 0) is 5.41 Å². The van der Waals surface area contributed by atoms with Gasteiger partial charge in [0.1, 0.15) is 0 Å². The maximum atomic E-state index is 8.85. The lowest BCUT2D eigenvalue weighted by atomic mass is 9.77. The summed E-state index contributed by atoms with van der Waals surface area (Å²) in [7, 11) is 0. The molecule has 0 aliphatic carbocycles. The lowest BCUT2D eigenvalue weighted by Crippen LogP contribution is -2.19. The average molecular weight is 389 g/mol. The number of allylic oxidation sites excluding steroid dienone is 3. The molecule has 0 aliphatic heterocycles. The van der Waals surface area contributed by atoms with Gasteiger partial charge in [-0.05, 0) is 67.1 Å². The first-order valence-corrected chi connectivity index (χ1v) is 11.7. The predicted molar refractivity (Wildman–Crippen MR) is 124 cm³/mol. The zero-order valence-corrected chi connectivity index (χ0v) is 18.5. The first-order chi connectivity index (χ1) is 13.1. The Bertz CT molecular complexity index is 524. The molecule has 1 rings (SSSR count). The minimum absolute atomic E-state index is 0.232. The van der Waals surface area contributed by atoms with Crippen molar-refractivity contribution in [1.82, 2.24) is 0 Å². The second-order valence-corrected chi connectivity index (χ2v) is 9.22. The molecule has 0 aliphatic rings. The van der Waals surface area contributed by atoms with Crippen molar-refractivity contribution >= 4 is 11.8 Å². The zero-order chi connectivity index (χ0) is 20.0. The molecule has 0 fully saturated rings. The van der Waals surface area contributed by atoms with E-state index in [1.807, 2.05) is 11.8 Å². The van der Waals surface area contributed by atoms with Gasteiger partial charge in [0.2, 0.25) is 0 Å². The Morgan fingerprint density at radius 3 is 2.52 bits per heavy atom. The minimum atomic E-state index is 0.232. The van der Waals surface area contributed by atoms with Crippen molar-refractivity contribution in [3.63, 3.8) is 0 Å². The second-order valence-electron chi connectivity index (χ2n) is 7.99. The summed E-state index contributed by atoms with van der Waals surface area (Å²) < 4.78 is 0. The smallest absolute Gasteiger partial charge is 0.0521 e. The fraction of sp³-hybridized carbons (Fsp3) is 0.600. The van der Waals surface area contributed by atoms with Crippen LogP contribution in [0.2, 0.25) is 0 Å². The summed E-state index contributed by atoms with van der Waals surface area (Å²) in [6.45, 7) is 11.3. The Morgan fingerprint density at radius 2 is 1.89 bits per heavy atom. The van der Waals surface area contributed by atoms with Crippen molar-refractivity contribution < 1.29 is 5.11 Å². The van der Waals surface area contributed by atoms with Crippen molar-refractivity contribution in [3.8, 4) is 0 Å². The molecule has 27 heavy (non-hydrogen) atoms. The predicted octanol–water partition coefficient (Wildman–Crippen LogP) is 7.02. The fourth-order valence-corrected chi connectivity index (χ4v) is 4.40. The van der Waals surface area contributed by atoms with Gasteiger partial charge in [-0.25, -0.2) is 0 Å². The highest BCUT2D eigenvalue weighted by atomic mass is 32.2. The average Bonchev–Trinajstić information content (AvgIpc) is 2.70. The summed E-state index contributed by atoms with van der Waals surface area (Å²) in [6.07, 6.45) is 13.9. The van der Waals surface area contributed by atoms with Crippen LogP contribution in [0, 0.1) is 11.8 Å². The minimum Gasteiger partial charge on any atom is -0.396 e. The molecular weight excluding hydrogens is 348 g/mol. The van der Waals surface area contributed by atoms with Crippen molar-refractivity contribution in [3.05, 3.63) is 60.7 Å². The molecule has 0 bridgehead atoms. The topological polar surface area (TPSA) is 20.2 Å². The summed E-state index contributed by atoms with van der Waals surface area (Å²) in [6, 6.07) is 10.9. The van der Waals surface area contributed by atoms with Crippen LogP contribution in [0.1, 0.15) is 64.9 Å². The second kappa shape index (κ2) is 14.1. The third-order valence-electron chi connectivity index (χ3n) is 5.72. The summed E-state index contributed by atoms with van der Waals surface area (Å²) in [4.78, 5) is 0. The van der Waals surface area contributed by atoms with E-state index in [-0.39, 0.29) is 5.41 Å². The Morgan fingerprint density at radius 1 is 1.15 bits per heavy atom. The normalized spacial score (nSPS) is 16.1. The van der Waals surface area contributed by atoms with Gasteiger partial charge in [0.05, 0.1) is 6.61 Å². The molecule has 1 N–H and O–H groups in total. The molecule has 0 saturated heterocycles. The van der Waals surface area contributed by atoms with Gasteiger partial charge < -0.3 is 5.11 Å². The first kappa shape index (κ1) is 24.0. The third-order valence-corrected chi connectivity index (χ3v) is 6.71. The number of aliphatic hydroxyl groups is 1. The molecule has 3 atom stereocenters. The van der Waals surface area contributed by atoms with Crippen LogP contribution >= 0.6 is 11.8 Å². The Labute approximate surface area is 172 Å². The van der Waals surface area contributed by atoms with E-state index in [4.69, 9.17) is 5.11 Å². The Balaban J connectivity index is 2.35. The molecule has 3 unspecified atom stereocenters. The summed E-state index contributed by atoms with van der Waals surface area (Å²) in [5, 5.41) is 8.85.